The number of nitrogens with zero attached hydrogens (tertiary/aromatic N) is 1. The summed E-state index contributed by atoms with van der Waals surface area (Å²) in [7, 11) is 0. The first-order chi connectivity index (χ1) is 9.49. The third-order valence-electron chi connectivity index (χ3n) is 2.50. The van der Waals surface area contributed by atoms with Crippen LogP contribution in [-0.2, 0) is 0 Å². The molecule has 102 valence electrons. The number of pyridine rings is 1. The average molecular weight is 310 g/mol. The largest absolute Gasteiger partial charge is 0.366 e. The van der Waals surface area contributed by atoms with Crippen LogP contribution in [0.5, 0.6) is 0 Å². The van der Waals surface area contributed by atoms with Crippen molar-refractivity contribution in [2.75, 3.05) is 5.32 Å². The van der Waals surface area contributed by atoms with E-state index in [1.54, 1.807) is 18.2 Å². The summed E-state index contributed by atoms with van der Waals surface area (Å²) in [6.07, 6.45) is 1.29. The highest BCUT2D eigenvalue weighted by Crippen LogP contribution is 2.21. The maximum absolute atomic E-state index is 12.0. The van der Waals surface area contributed by atoms with Gasteiger partial charge in [-0.2, -0.15) is 0 Å². The van der Waals surface area contributed by atoms with E-state index in [4.69, 9.17) is 28.9 Å². The van der Waals surface area contributed by atoms with Crippen molar-refractivity contribution in [2.45, 2.75) is 0 Å². The van der Waals surface area contributed by atoms with Gasteiger partial charge in [0.25, 0.3) is 11.8 Å². The highest BCUT2D eigenvalue weighted by atomic mass is 35.5. The Balaban J connectivity index is 2.28. The van der Waals surface area contributed by atoms with Gasteiger partial charge in [0.05, 0.1) is 21.8 Å². The van der Waals surface area contributed by atoms with Crippen LogP contribution in [-0.4, -0.2) is 16.8 Å². The molecule has 0 spiro atoms. The fourth-order valence-electron chi connectivity index (χ4n) is 1.55. The second-order valence-electron chi connectivity index (χ2n) is 3.86. The molecule has 3 N–H and O–H groups in total. The minimum Gasteiger partial charge on any atom is -0.366 e. The van der Waals surface area contributed by atoms with E-state index in [1.165, 1.54) is 18.3 Å². The van der Waals surface area contributed by atoms with Gasteiger partial charge in [-0.1, -0.05) is 35.3 Å². The molecule has 2 rings (SSSR count). The van der Waals surface area contributed by atoms with E-state index >= 15 is 0 Å². The van der Waals surface area contributed by atoms with E-state index in [2.05, 4.69) is 10.3 Å². The molecule has 0 radical (unpaired) electrons. The van der Waals surface area contributed by atoms with Gasteiger partial charge in [0.15, 0.2) is 0 Å². The molecule has 5 nitrogen and oxygen atoms in total. The molecule has 20 heavy (non-hydrogen) atoms. The Kier molecular flexibility index (Phi) is 4.22. The molecule has 0 atom stereocenters. The minimum atomic E-state index is -0.631. The molecule has 0 saturated carbocycles. The number of para-hydroxylation sites is 1. The van der Waals surface area contributed by atoms with Crippen LogP contribution in [0, 0.1) is 0 Å². The SMILES string of the molecule is NC(=O)c1ccccc1NC(=O)c1cnc(Cl)c(Cl)c1. The maximum atomic E-state index is 12.0. The lowest BCUT2D eigenvalue weighted by molar-refractivity contribution is 0.100. The number of anilines is 1. The van der Waals surface area contributed by atoms with E-state index in [0.717, 1.165) is 0 Å². The molecule has 0 aliphatic heterocycles. The molecule has 0 saturated heterocycles. The lowest BCUT2D eigenvalue weighted by atomic mass is 10.1. The van der Waals surface area contributed by atoms with Crippen LogP contribution in [0.15, 0.2) is 36.5 Å². The third kappa shape index (κ3) is 3.07. The number of amides is 2. The van der Waals surface area contributed by atoms with Crippen LogP contribution >= 0.6 is 23.2 Å². The zero-order valence-electron chi connectivity index (χ0n) is 10.1. The summed E-state index contributed by atoms with van der Waals surface area (Å²) < 4.78 is 0. The van der Waals surface area contributed by atoms with Crippen LogP contribution in [0.25, 0.3) is 0 Å². The first-order valence-corrected chi connectivity index (χ1v) is 6.26. The van der Waals surface area contributed by atoms with Gasteiger partial charge < -0.3 is 11.1 Å². The summed E-state index contributed by atoms with van der Waals surface area (Å²) in [4.78, 5) is 27.1. The number of rotatable bonds is 3. The fraction of sp³-hybridized carbons (Fsp3) is 0. The number of nitrogens with one attached hydrogen (secondary N) is 1. The molecule has 0 bridgehead atoms. The smallest absolute Gasteiger partial charge is 0.257 e. The molecule has 7 heteroatoms. The van der Waals surface area contributed by atoms with Gasteiger partial charge >= 0.3 is 0 Å². The second kappa shape index (κ2) is 5.90. The van der Waals surface area contributed by atoms with Crippen LogP contribution < -0.4 is 11.1 Å². The number of benzene rings is 1. The number of carbonyl (C=O) groups is 2. The van der Waals surface area contributed by atoms with Crippen LogP contribution in [0.1, 0.15) is 20.7 Å². The normalized spacial score (nSPS) is 10.1. The standard InChI is InChI=1S/C13H9Cl2N3O2/c14-9-5-7(6-17-11(9)15)13(20)18-10-4-2-1-3-8(10)12(16)19/h1-6H,(H2,16,19)(H,18,20). The Morgan fingerprint density at radius 3 is 2.55 bits per heavy atom. The lowest BCUT2D eigenvalue weighted by Crippen LogP contribution is -2.18. The van der Waals surface area contributed by atoms with E-state index in [0.29, 0.717) is 5.69 Å². The summed E-state index contributed by atoms with van der Waals surface area (Å²) >= 11 is 11.5. The molecular weight excluding hydrogens is 301 g/mol. The minimum absolute atomic E-state index is 0.112. The lowest BCUT2D eigenvalue weighted by Gasteiger charge is -2.08. The number of nitrogens with two attached hydrogens (primary N) is 1. The zero-order chi connectivity index (χ0) is 14.7. The summed E-state index contributed by atoms with van der Waals surface area (Å²) in [5.74, 6) is -1.10. The first-order valence-electron chi connectivity index (χ1n) is 5.50. The van der Waals surface area contributed by atoms with Crippen LogP contribution in [0.4, 0.5) is 5.69 Å². The quantitative estimate of drug-likeness (QED) is 0.855. The number of halogens is 2. The predicted octanol–water partition coefficient (Wildman–Crippen LogP) is 2.74. The summed E-state index contributed by atoms with van der Waals surface area (Å²) in [6, 6.07) is 7.80. The Morgan fingerprint density at radius 1 is 1.20 bits per heavy atom. The summed E-state index contributed by atoms with van der Waals surface area (Å²) in [5.41, 5.74) is 5.99. The van der Waals surface area contributed by atoms with Gasteiger partial charge in [-0.3, -0.25) is 9.59 Å². The Labute approximate surface area is 124 Å². The van der Waals surface area contributed by atoms with E-state index in [9.17, 15) is 9.59 Å². The van der Waals surface area contributed by atoms with Crippen molar-refractivity contribution in [1.29, 1.82) is 0 Å². The molecule has 0 unspecified atom stereocenters. The zero-order valence-corrected chi connectivity index (χ0v) is 11.6. The molecule has 1 aromatic carbocycles. The van der Waals surface area contributed by atoms with Crippen molar-refractivity contribution in [3.05, 3.63) is 57.8 Å². The van der Waals surface area contributed by atoms with Gasteiger partial charge in [0.1, 0.15) is 5.15 Å². The van der Waals surface area contributed by atoms with Crippen molar-refractivity contribution < 1.29 is 9.59 Å². The van der Waals surface area contributed by atoms with Crippen molar-refractivity contribution in [1.82, 2.24) is 4.98 Å². The van der Waals surface area contributed by atoms with Crippen LogP contribution in [0.3, 0.4) is 0 Å². The second-order valence-corrected chi connectivity index (χ2v) is 4.63. The third-order valence-corrected chi connectivity index (χ3v) is 3.19. The highest BCUT2D eigenvalue weighted by molar-refractivity contribution is 6.41. The Hall–Kier alpha value is -2.11. The number of carbonyl (C=O) groups excluding carboxylic acids is 2. The molecule has 2 aromatic rings. The molecular formula is C13H9Cl2N3O2. The number of hydrogen-bond donors (Lipinski definition) is 2. The highest BCUT2D eigenvalue weighted by Gasteiger charge is 2.13. The summed E-state index contributed by atoms with van der Waals surface area (Å²) in [6.45, 7) is 0. The van der Waals surface area contributed by atoms with Crippen molar-refractivity contribution >= 4 is 40.7 Å². The number of primary amides is 1. The molecule has 1 aromatic heterocycles. The van der Waals surface area contributed by atoms with E-state index < -0.39 is 11.8 Å². The Bertz CT molecular complexity index is 689. The fourth-order valence-corrected chi connectivity index (χ4v) is 1.82. The molecule has 2 amide bonds. The summed E-state index contributed by atoms with van der Waals surface area (Å²) in [5, 5.41) is 2.85. The van der Waals surface area contributed by atoms with Crippen LogP contribution in [0.2, 0.25) is 10.2 Å². The number of hydrogen-bond acceptors (Lipinski definition) is 3. The topological polar surface area (TPSA) is 85.1 Å². The van der Waals surface area contributed by atoms with E-state index in [-0.39, 0.29) is 21.3 Å². The first kappa shape index (κ1) is 14.3. The maximum Gasteiger partial charge on any atom is 0.257 e. The van der Waals surface area contributed by atoms with E-state index in [1.807, 2.05) is 0 Å². The van der Waals surface area contributed by atoms with Crippen molar-refractivity contribution in [3.8, 4) is 0 Å². The molecule has 1 heterocycles. The van der Waals surface area contributed by atoms with Gasteiger partial charge in [0.2, 0.25) is 0 Å². The monoisotopic (exact) mass is 309 g/mol. The predicted molar refractivity (Wildman–Crippen MR) is 77.2 cm³/mol. The molecule has 0 aliphatic carbocycles. The molecule has 0 fully saturated rings. The van der Waals surface area contributed by atoms with Crippen molar-refractivity contribution in [2.24, 2.45) is 5.73 Å². The number of aromatic nitrogens is 1. The van der Waals surface area contributed by atoms with Gasteiger partial charge in [-0.05, 0) is 18.2 Å². The van der Waals surface area contributed by atoms with Gasteiger partial charge in [-0.25, -0.2) is 4.98 Å². The molecule has 0 aliphatic rings. The Morgan fingerprint density at radius 2 is 1.90 bits per heavy atom. The van der Waals surface area contributed by atoms with Gasteiger partial charge in [0, 0.05) is 6.20 Å². The van der Waals surface area contributed by atoms with Gasteiger partial charge in [-0.15, -0.1) is 0 Å². The van der Waals surface area contributed by atoms with Crippen molar-refractivity contribution in [3.63, 3.8) is 0 Å². The average Bonchev–Trinajstić information content (AvgIpc) is 2.42.